The van der Waals surface area contributed by atoms with Gasteiger partial charge in [0.15, 0.2) is 5.96 Å². The third-order valence-corrected chi connectivity index (χ3v) is 4.10. The molecule has 2 aromatic heterocycles. The number of nitrogens with two attached hydrogens (primary N) is 2. The van der Waals surface area contributed by atoms with E-state index in [0.29, 0.717) is 17.0 Å². The number of benzene rings is 1. The Bertz CT molecular complexity index is 946. The predicted molar refractivity (Wildman–Crippen MR) is 95.4 cm³/mol. The molecule has 0 atom stereocenters. The number of hydrogen-bond acceptors (Lipinski definition) is 2. The Morgan fingerprint density at radius 1 is 1.17 bits per heavy atom. The summed E-state index contributed by atoms with van der Waals surface area (Å²) in [5.41, 5.74) is 12.6. The molecule has 4 N–H and O–H groups in total. The van der Waals surface area contributed by atoms with Crippen molar-refractivity contribution in [2.75, 3.05) is 0 Å². The summed E-state index contributed by atoms with van der Waals surface area (Å²) in [5, 5.41) is 1.44. The zero-order valence-corrected chi connectivity index (χ0v) is 13.9. The van der Waals surface area contributed by atoms with Crippen LogP contribution in [0, 0.1) is 0 Å². The lowest BCUT2D eigenvalue weighted by molar-refractivity contribution is 0.0995. The van der Waals surface area contributed by atoms with E-state index in [1.54, 1.807) is 35.2 Å². The van der Waals surface area contributed by atoms with Crippen LogP contribution < -0.4 is 11.5 Å². The first-order chi connectivity index (χ1) is 11.5. The van der Waals surface area contributed by atoms with Crippen LogP contribution in [0.3, 0.4) is 0 Å². The molecule has 0 aliphatic heterocycles. The van der Waals surface area contributed by atoms with E-state index in [1.165, 1.54) is 0 Å². The first-order valence-corrected chi connectivity index (χ1v) is 7.73. The average molecular weight is 362 g/mol. The van der Waals surface area contributed by atoms with Crippen molar-refractivity contribution < 1.29 is 4.79 Å². The highest BCUT2D eigenvalue weighted by Gasteiger charge is 2.22. The molecule has 24 heavy (non-hydrogen) atoms. The van der Waals surface area contributed by atoms with Crippen LogP contribution in [0.4, 0.5) is 0 Å². The van der Waals surface area contributed by atoms with E-state index in [4.69, 9.17) is 34.7 Å². The molecule has 1 aromatic carbocycles. The molecule has 0 fully saturated rings. The molecular weight excluding hydrogens is 349 g/mol. The summed E-state index contributed by atoms with van der Waals surface area (Å²) in [4.78, 5) is 20.0. The van der Waals surface area contributed by atoms with Crippen LogP contribution in [0.15, 0.2) is 47.7 Å². The third kappa shape index (κ3) is 3.06. The number of aromatic nitrogens is 2. The number of carbonyl (C=O) groups is 1. The maximum absolute atomic E-state index is 12.4. The first-order valence-electron chi connectivity index (χ1n) is 6.97. The Labute approximate surface area is 147 Å². The molecule has 122 valence electrons. The molecule has 0 bridgehead atoms. The van der Waals surface area contributed by atoms with Crippen molar-refractivity contribution in [2.45, 2.75) is 6.54 Å². The quantitative estimate of drug-likeness (QED) is 0.553. The fourth-order valence-electron chi connectivity index (χ4n) is 2.50. The normalized spacial score (nSPS) is 10.8. The first kappa shape index (κ1) is 16.3. The second-order valence-electron chi connectivity index (χ2n) is 5.11. The fourth-order valence-corrected chi connectivity index (χ4v) is 3.01. The van der Waals surface area contributed by atoms with Gasteiger partial charge in [-0.15, -0.1) is 0 Å². The van der Waals surface area contributed by atoms with E-state index in [9.17, 15) is 4.79 Å². The van der Waals surface area contributed by atoms with Gasteiger partial charge in [-0.1, -0.05) is 23.2 Å². The van der Waals surface area contributed by atoms with Gasteiger partial charge < -0.3 is 16.0 Å². The van der Waals surface area contributed by atoms with Crippen molar-refractivity contribution in [3.05, 3.63) is 64.0 Å². The van der Waals surface area contributed by atoms with Crippen LogP contribution in [-0.4, -0.2) is 21.4 Å². The van der Waals surface area contributed by atoms with Gasteiger partial charge in [0.05, 0.1) is 10.5 Å². The average Bonchev–Trinajstić information content (AvgIpc) is 2.80. The Balaban J connectivity index is 2.24. The number of guanidine groups is 1. The minimum atomic E-state index is -0.610. The van der Waals surface area contributed by atoms with Crippen molar-refractivity contribution in [1.82, 2.24) is 9.55 Å². The smallest absolute Gasteiger partial charge is 0.298 e. The summed E-state index contributed by atoms with van der Waals surface area (Å²) < 4.78 is 1.76. The monoisotopic (exact) mass is 361 g/mol. The lowest BCUT2D eigenvalue weighted by Gasteiger charge is -2.09. The molecule has 8 heteroatoms. The van der Waals surface area contributed by atoms with Gasteiger partial charge in [0, 0.05) is 29.3 Å². The van der Waals surface area contributed by atoms with E-state index in [2.05, 4.69) is 9.98 Å². The van der Waals surface area contributed by atoms with Gasteiger partial charge in [-0.2, -0.15) is 4.99 Å². The summed E-state index contributed by atoms with van der Waals surface area (Å²) in [5.74, 6) is -0.934. The number of halogens is 2. The van der Waals surface area contributed by atoms with E-state index in [1.807, 2.05) is 12.1 Å². The second-order valence-corrected chi connectivity index (χ2v) is 5.92. The molecule has 0 spiro atoms. The van der Waals surface area contributed by atoms with Crippen LogP contribution in [0.5, 0.6) is 0 Å². The topological polar surface area (TPSA) is 99.3 Å². The molecule has 0 saturated heterocycles. The zero-order valence-electron chi connectivity index (χ0n) is 12.4. The predicted octanol–water partition coefficient (Wildman–Crippen LogP) is 2.81. The molecule has 0 unspecified atom stereocenters. The maximum Gasteiger partial charge on any atom is 0.298 e. The lowest BCUT2D eigenvalue weighted by Crippen LogP contribution is -2.25. The molecule has 3 rings (SSSR count). The third-order valence-electron chi connectivity index (χ3n) is 3.49. The minimum absolute atomic E-state index is 0.208. The summed E-state index contributed by atoms with van der Waals surface area (Å²) in [6.07, 6.45) is 3.36. The highest BCUT2D eigenvalue weighted by atomic mass is 35.5. The highest BCUT2D eigenvalue weighted by molar-refractivity contribution is 6.40. The Kier molecular flexibility index (Phi) is 4.42. The Hall–Kier alpha value is -2.57. The molecule has 2 heterocycles. The SMILES string of the molecule is NC(N)=NC(=O)c1c(Cl)c2cc(Cl)ccc2n1Cc1ccncc1. The molecule has 1 amide bonds. The largest absolute Gasteiger partial charge is 0.370 e. The van der Waals surface area contributed by atoms with Gasteiger partial charge in [-0.3, -0.25) is 9.78 Å². The van der Waals surface area contributed by atoms with Crippen LogP contribution in [-0.2, 0) is 6.54 Å². The van der Waals surface area contributed by atoms with Gasteiger partial charge in [0.25, 0.3) is 5.91 Å². The number of nitrogens with zero attached hydrogens (tertiary/aromatic N) is 3. The lowest BCUT2D eigenvalue weighted by atomic mass is 10.2. The van der Waals surface area contributed by atoms with Gasteiger partial charge in [-0.25, -0.2) is 0 Å². The molecule has 0 radical (unpaired) electrons. The van der Waals surface area contributed by atoms with E-state index in [0.717, 1.165) is 11.1 Å². The number of amides is 1. The van der Waals surface area contributed by atoms with Crippen molar-refractivity contribution >= 4 is 46.0 Å². The number of carbonyl (C=O) groups excluding carboxylic acids is 1. The molecule has 0 aliphatic rings. The van der Waals surface area contributed by atoms with Gasteiger partial charge in [0.2, 0.25) is 0 Å². The number of rotatable bonds is 3. The molecule has 6 nitrogen and oxygen atoms in total. The highest BCUT2D eigenvalue weighted by Crippen LogP contribution is 2.33. The van der Waals surface area contributed by atoms with Crippen molar-refractivity contribution in [3.63, 3.8) is 0 Å². The Morgan fingerprint density at radius 2 is 1.88 bits per heavy atom. The standard InChI is InChI=1S/C16H13Cl2N5O/c17-10-1-2-12-11(7-10)13(18)14(15(24)22-16(19)20)23(12)8-9-3-5-21-6-4-9/h1-7H,8H2,(H4,19,20,22,24). The summed E-state index contributed by atoms with van der Waals surface area (Å²) >= 11 is 12.5. The Morgan fingerprint density at radius 3 is 2.54 bits per heavy atom. The van der Waals surface area contributed by atoms with E-state index in [-0.39, 0.29) is 16.7 Å². The maximum atomic E-state index is 12.4. The van der Waals surface area contributed by atoms with Crippen molar-refractivity contribution in [2.24, 2.45) is 16.5 Å². The molecule has 0 aliphatic carbocycles. The molecule has 3 aromatic rings. The van der Waals surface area contributed by atoms with Crippen LogP contribution in [0.25, 0.3) is 10.9 Å². The van der Waals surface area contributed by atoms with Crippen LogP contribution in [0.2, 0.25) is 10.0 Å². The van der Waals surface area contributed by atoms with Gasteiger partial charge >= 0.3 is 0 Å². The summed E-state index contributed by atoms with van der Waals surface area (Å²) in [6, 6.07) is 8.94. The van der Waals surface area contributed by atoms with E-state index >= 15 is 0 Å². The molecular formula is C16H13Cl2N5O. The van der Waals surface area contributed by atoms with Crippen molar-refractivity contribution in [3.8, 4) is 0 Å². The summed E-state index contributed by atoms with van der Waals surface area (Å²) in [7, 11) is 0. The molecule has 0 saturated carbocycles. The van der Waals surface area contributed by atoms with Crippen LogP contribution in [0.1, 0.15) is 16.1 Å². The number of aliphatic imine (C=N–C) groups is 1. The number of fused-ring (bicyclic) bond motifs is 1. The summed E-state index contributed by atoms with van der Waals surface area (Å²) in [6.45, 7) is 0.411. The zero-order chi connectivity index (χ0) is 17.3. The van der Waals surface area contributed by atoms with Gasteiger partial charge in [-0.05, 0) is 35.9 Å². The van der Waals surface area contributed by atoms with Crippen molar-refractivity contribution in [1.29, 1.82) is 0 Å². The van der Waals surface area contributed by atoms with E-state index < -0.39 is 5.91 Å². The number of pyridine rings is 1. The fraction of sp³-hybridized carbons (Fsp3) is 0.0625. The minimum Gasteiger partial charge on any atom is -0.370 e. The van der Waals surface area contributed by atoms with Crippen LogP contribution >= 0.6 is 23.2 Å². The van der Waals surface area contributed by atoms with Gasteiger partial charge in [0.1, 0.15) is 5.69 Å². The second kappa shape index (κ2) is 6.51. The number of hydrogen-bond donors (Lipinski definition) is 2.